The van der Waals surface area contributed by atoms with Crippen LogP contribution in [0.3, 0.4) is 0 Å². The van der Waals surface area contributed by atoms with Crippen LogP contribution in [0.4, 0.5) is 13.2 Å². The third-order valence-corrected chi connectivity index (χ3v) is 5.20. The summed E-state index contributed by atoms with van der Waals surface area (Å²) in [5, 5.41) is 2.62. The van der Waals surface area contributed by atoms with Gasteiger partial charge in [-0.3, -0.25) is 14.2 Å². The van der Waals surface area contributed by atoms with Crippen LogP contribution >= 0.6 is 0 Å². The number of alkyl halides is 3. The first-order chi connectivity index (χ1) is 16.2. The van der Waals surface area contributed by atoms with Gasteiger partial charge in [0.05, 0.1) is 18.4 Å². The van der Waals surface area contributed by atoms with Crippen molar-refractivity contribution in [2.45, 2.75) is 39.0 Å². The fourth-order valence-electron chi connectivity index (χ4n) is 3.32. The van der Waals surface area contributed by atoms with Crippen LogP contribution in [-0.4, -0.2) is 22.2 Å². The number of ether oxygens (including phenoxy) is 1. The lowest BCUT2D eigenvalue weighted by atomic mass is 10.2. The van der Waals surface area contributed by atoms with E-state index < -0.39 is 28.9 Å². The molecule has 0 aliphatic carbocycles. The predicted octanol–water partition coefficient (Wildman–Crippen LogP) is 3.76. The Morgan fingerprint density at radius 3 is 2.41 bits per heavy atom. The van der Waals surface area contributed by atoms with E-state index in [-0.39, 0.29) is 24.3 Å². The number of hydrogen-bond acceptors (Lipinski definition) is 4. The van der Waals surface area contributed by atoms with Crippen molar-refractivity contribution >= 4 is 5.91 Å². The summed E-state index contributed by atoms with van der Waals surface area (Å²) in [5.41, 5.74) is -2.69. The number of rotatable bonds is 8. The van der Waals surface area contributed by atoms with E-state index in [4.69, 9.17) is 4.74 Å². The third-order valence-electron chi connectivity index (χ3n) is 5.20. The Hall–Kier alpha value is -3.82. The first-order valence-electron chi connectivity index (χ1n) is 10.6. The highest BCUT2D eigenvalue weighted by Gasteiger charge is 2.31. The number of carbonyl (C=O) groups is 1. The third kappa shape index (κ3) is 5.56. The lowest BCUT2D eigenvalue weighted by Crippen LogP contribution is -2.43. The second-order valence-electron chi connectivity index (χ2n) is 7.59. The van der Waals surface area contributed by atoms with Crippen molar-refractivity contribution in [3.8, 4) is 11.4 Å². The lowest BCUT2D eigenvalue weighted by Gasteiger charge is -2.14. The number of aryl methyl sites for hydroxylation is 1. The number of carbonyl (C=O) groups excluding carboxylic acids is 1. The van der Waals surface area contributed by atoms with E-state index in [0.29, 0.717) is 22.8 Å². The second-order valence-corrected chi connectivity index (χ2v) is 7.59. The van der Waals surface area contributed by atoms with Crippen molar-refractivity contribution in [1.82, 2.24) is 14.5 Å². The summed E-state index contributed by atoms with van der Waals surface area (Å²) in [7, 11) is 1.53. The van der Waals surface area contributed by atoms with Crippen LogP contribution in [0, 0.1) is 0 Å². The van der Waals surface area contributed by atoms with Crippen molar-refractivity contribution in [2.75, 3.05) is 7.11 Å². The molecule has 10 heteroatoms. The number of halogens is 3. The molecule has 0 fully saturated rings. The quantitative estimate of drug-likeness (QED) is 0.538. The molecule has 3 rings (SSSR count). The van der Waals surface area contributed by atoms with Gasteiger partial charge in [0.2, 0.25) is 0 Å². The average Bonchev–Trinajstić information content (AvgIpc) is 2.82. The molecule has 0 atom stereocenters. The van der Waals surface area contributed by atoms with Gasteiger partial charge in [0, 0.05) is 19.3 Å². The van der Waals surface area contributed by atoms with Crippen molar-refractivity contribution < 1.29 is 22.7 Å². The molecule has 0 unspecified atom stereocenters. The summed E-state index contributed by atoms with van der Waals surface area (Å²) in [6, 6.07) is 10.8. The first-order valence-corrected chi connectivity index (χ1v) is 10.6. The van der Waals surface area contributed by atoms with Crippen LogP contribution in [0.1, 0.15) is 41.3 Å². The monoisotopic (exact) mass is 475 g/mol. The van der Waals surface area contributed by atoms with E-state index in [1.54, 1.807) is 24.3 Å². The number of amides is 1. The zero-order chi connectivity index (χ0) is 24.9. The molecular formula is C24H24F3N3O4. The highest BCUT2D eigenvalue weighted by atomic mass is 19.4. The minimum absolute atomic E-state index is 0.0971. The molecular weight excluding hydrogens is 451 g/mol. The normalized spacial score (nSPS) is 11.3. The highest BCUT2D eigenvalue weighted by Crippen LogP contribution is 2.29. The molecule has 0 aliphatic heterocycles. The van der Waals surface area contributed by atoms with Gasteiger partial charge >= 0.3 is 11.9 Å². The van der Waals surface area contributed by atoms with Gasteiger partial charge in [-0.2, -0.15) is 13.2 Å². The van der Waals surface area contributed by atoms with Gasteiger partial charge in [-0.05, 0) is 42.3 Å². The first kappa shape index (κ1) is 24.8. The van der Waals surface area contributed by atoms with Gasteiger partial charge in [0.25, 0.3) is 11.5 Å². The number of nitrogens with zero attached hydrogens (tertiary/aromatic N) is 2. The number of aromatic nitrogens is 2. The van der Waals surface area contributed by atoms with Crippen LogP contribution in [0.5, 0.6) is 5.75 Å². The zero-order valence-corrected chi connectivity index (χ0v) is 18.7. The average molecular weight is 475 g/mol. The van der Waals surface area contributed by atoms with Crippen molar-refractivity contribution in [3.05, 3.63) is 92.3 Å². The molecule has 7 nitrogen and oxygen atoms in total. The summed E-state index contributed by atoms with van der Waals surface area (Å²) in [6.45, 7) is 2.20. The zero-order valence-electron chi connectivity index (χ0n) is 18.7. The van der Waals surface area contributed by atoms with Crippen LogP contribution in [-0.2, 0) is 19.3 Å². The van der Waals surface area contributed by atoms with Gasteiger partial charge < -0.3 is 10.1 Å². The van der Waals surface area contributed by atoms with Gasteiger partial charge in [-0.15, -0.1) is 0 Å². The van der Waals surface area contributed by atoms with Crippen molar-refractivity contribution in [1.29, 1.82) is 0 Å². The SMILES string of the molecule is CCCCn1cc(C(=O)NCc2ccc(OC)cc2)c(=O)n(-c2cccc(C(F)(F)F)c2)c1=O. The number of hydrogen-bond donors (Lipinski definition) is 1. The number of unbranched alkanes of at least 4 members (excludes halogenated alkanes) is 1. The minimum atomic E-state index is -4.66. The van der Waals surface area contributed by atoms with Crippen LogP contribution in [0.25, 0.3) is 5.69 Å². The lowest BCUT2D eigenvalue weighted by molar-refractivity contribution is -0.137. The molecule has 0 bridgehead atoms. The molecule has 0 radical (unpaired) electrons. The molecule has 1 N–H and O–H groups in total. The Kier molecular flexibility index (Phi) is 7.60. The smallest absolute Gasteiger partial charge is 0.416 e. The van der Waals surface area contributed by atoms with E-state index in [1.807, 2.05) is 6.92 Å². The summed E-state index contributed by atoms with van der Waals surface area (Å²) in [5.74, 6) is -0.103. The van der Waals surface area contributed by atoms with E-state index in [0.717, 1.165) is 30.3 Å². The maximum absolute atomic E-state index is 13.2. The van der Waals surface area contributed by atoms with Crippen LogP contribution in [0.2, 0.25) is 0 Å². The van der Waals surface area contributed by atoms with Crippen molar-refractivity contribution in [2.24, 2.45) is 0 Å². The summed E-state index contributed by atoms with van der Waals surface area (Å²) < 4.78 is 46.5. The molecule has 0 saturated heterocycles. The van der Waals surface area contributed by atoms with Crippen LogP contribution < -0.4 is 21.3 Å². The molecule has 2 aromatic carbocycles. The van der Waals surface area contributed by atoms with Crippen molar-refractivity contribution in [3.63, 3.8) is 0 Å². The largest absolute Gasteiger partial charge is 0.497 e. The van der Waals surface area contributed by atoms with E-state index in [9.17, 15) is 27.6 Å². The summed E-state index contributed by atoms with van der Waals surface area (Å²) in [6.07, 6.45) is -2.19. The Bertz CT molecular complexity index is 1280. The fraction of sp³-hybridized carbons (Fsp3) is 0.292. The summed E-state index contributed by atoms with van der Waals surface area (Å²) >= 11 is 0. The molecule has 1 heterocycles. The maximum Gasteiger partial charge on any atom is 0.416 e. The summed E-state index contributed by atoms with van der Waals surface area (Å²) in [4.78, 5) is 38.9. The van der Waals surface area contributed by atoms with Gasteiger partial charge in [0.1, 0.15) is 11.3 Å². The molecule has 1 amide bonds. The number of nitrogens with one attached hydrogen (secondary N) is 1. The molecule has 180 valence electrons. The highest BCUT2D eigenvalue weighted by molar-refractivity contribution is 5.93. The van der Waals surface area contributed by atoms with Gasteiger partial charge in [-0.1, -0.05) is 31.5 Å². The maximum atomic E-state index is 13.2. The number of methoxy groups -OCH3 is 1. The fourth-order valence-corrected chi connectivity index (χ4v) is 3.32. The number of benzene rings is 2. The molecule has 1 aromatic heterocycles. The van der Waals surface area contributed by atoms with Crippen LogP contribution in [0.15, 0.2) is 64.3 Å². The van der Waals surface area contributed by atoms with E-state index in [1.165, 1.54) is 17.7 Å². The standard InChI is InChI=1S/C24H24F3N3O4/c1-3-4-12-29-15-20(21(31)28-14-16-8-10-19(34-2)11-9-16)22(32)30(23(29)33)18-7-5-6-17(13-18)24(25,26)27/h5-11,13,15H,3-4,12,14H2,1-2H3,(H,28,31). The van der Waals surface area contributed by atoms with Gasteiger partial charge in [-0.25, -0.2) is 9.36 Å². The minimum Gasteiger partial charge on any atom is -0.497 e. The Labute approximate surface area is 193 Å². The second kappa shape index (κ2) is 10.4. The molecule has 0 aliphatic rings. The Morgan fingerprint density at radius 2 is 1.79 bits per heavy atom. The predicted molar refractivity (Wildman–Crippen MR) is 120 cm³/mol. The molecule has 34 heavy (non-hydrogen) atoms. The molecule has 0 spiro atoms. The molecule has 0 saturated carbocycles. The van der Waals surface area contributed by atoms with E-state index in [2.05, 4.69) is 5.32 Å². The van der Waals surface area contributed by atoms with Gasteiger partial charge in [0.15, 0.2) is 0 Å². The van der Waals surface area contributed by atoms with E-state index >= 15 is 0 Å². The topological polar surface area (TPSA) is 82.3 Å². The Morgan fingerprint density at radius 1 is 1.09 bits per heavy atom. The molecule has 3 aromatic rings. The Balaban J connectivity index is 2.02.